The van der Waals surface area contributed by atoms with E-state index in [9.17, 15) is 9.18 Å². The largest absolute Gasteiger partial charge is 0.493 e. The van der Waals surface area contributed by atoms with Crippen LogP contribution in [0.25, 0.3) is 10.9 Å². The van der Waals surface area contributed by atoms with Crippen molar-refractivity contribution in [3.8, 4) is 17.2 Å². The first-order chi connectivity index (χ1) is 16.9. The first-order valence-electron chi connectivity index (χ1n) is 10.8. The summed E-state index contributed by atoms with van der Waals surface area (Å²) in [5, 5.41) is 7.13. The Kier molecular flexibility index (Phi) is 7.45. The summed E-state index contributed by atoms with van der Waals surface area (Å²) in [6, 6.07) is 13.4. The first-order valence-corrected chi connectivity index (χ1v) is 11.6. The molecule has 0 unspecified atom stereocenters. The van der Waals surface area contributed by atoms with Crippen molar-refractivity contribution in [2.75, 3.05) is 33.2 Å². The number of hydrogen-bond acceptors (Lipinski definition) is 5. The summed E-state index contributed by atoms with van der Waals surface area (Å²) in [6.45, 7) is 0.416. The fraction of sp³-hybridized carbons (Fsp3) is 0.192. The Labute approximate surface area is 210 Å². The maximum atomic E-state index is 14.1. The van der Waals surface area contributed by atoms with Crippen LogP contribution in [0.3, 0.4) is 0 Å². The van der Waals surface area contributed by atoms with E-state index < -0.39 is 5.82 Å². The molecule has 1 heterocycles. The van der Waals surface area contributed by atoms with E-state index in [0.717, 1.165) is 20.9 Å². The van der Waals surface area contributed by atoms with E-state index in [4.69, 9.17) is 14.2 Å². The van der Waals surface area contributed by atoms with Gasteiger partial charge < -0.3 is 29.8 Å². The SMILES string of the molecule is COc1cc(Nc2cc(F)ccc2C(=O)NCCc2c[nH]c3ccc(Br)cc23)cc(OC)c1OC. The van der Waals surface area contributed by atoms with Gasteiger partial charge in [0.15, 0.2) is 11.5 Å². The molecule has 0 atom stereocenters. The molecule has 0 aliphatic carbocycles. The van der Waals surface area contributed by atoms with E-state index in [0.29, 0.717) is 47.2 Å². The molecule has 0 spiro atoms. The van der Waals surface area contributed by atoms with E-state index in [1.807, 2.05) is 24.4 Å². The Morgan fingerprint density at radius 2 is 1.74 bits per heavy atom. The Morgan fingerprint density at radius 3 is 2.43 bits per heavy atom. The number of H-pyrrole nitrogens is 1. The zero-order chi connectivity index (χ0) is 24.9. The van der Waals surface area contributed by atoms with Crippen LogP contribution in [0.5, 0.6) is 17.2 Å². The zero-order valence-electron chi connectivity index (χ0n) is 19.5. The monoisotopic (exact) mass is 541 g/mol. The topological polar surface area (TPSA) is 84.6 Å². The predicted octanol–water partition coefficient (Wildman–Crippen LogP) is 5.81. The van der Waals surface area contributed by atoms with Gasteiger partial charge in [-0.1, -0.05) is 15.9 Å². The summed E-state index contributed by atoms with van der Waals surface area (Å²) < 4.78 is 31.2. The van der Waals surface area contributed by atoms with Gasteiger partial charge in [0.25, 0.3) is 5.91 Å². The highest BCUT2D eigenvalue weighted by Gasteiger charge is 2.17. The number of aromatic amines is 1. The number of ether oxygens (including phenoxy) is 3. The van der Waals surface area contributed by atoms with Crippen LogP contribution in [-0.4, -0.2) is 38.8 Å². The lowest BCUT2D eigenvalue weighted by Gasteiger charge is -2.17. The third-order valence-electron chi connectivity index (χ3n) is 5.58. The van der Waals surface area contributed by atoms with Crippen molar-refractivity contribution in [3.05, 3.63) is 76.1 Å². The maximum absolute atomic E-state index is 14.1. The Balaban J connectivity index is 1.52. The third-order valence-corrected chi connectivity index (χ3v) is 6.07. The van der Waals surface area contributed by atoms with Crippen LogP contribution >= 0.6 is 15.9 Å². The van der Waals surface area contributed by atoms with Crippen molar-refractivity contribution in [2.24, 2.45) is 0 Å². The fourth-order valence-electron chi connectivity index (χ4n) is 3.89. The molecule has 1 aromatic heterocycles. The number of amides is 1. The third kappa shape index (κ3) is 5.35. The van der Waals surface area contributed by atoms with Gasteiger partial charge in [0.05, 0.1) is 32.6 Å². The second-order valence-corrected chi connectivity index (χ2v) is 8.65. The molecule has 9 heteroatoms. The van der Waals surface area contributed by atoms with Crippen LogP contribution in [0.2, 0.25) is 0 Å². The second kappa shape index (κ2) is 10.7. The lowest BCUT2D eigenvalue weighted by molar-refractivity contribution is 0.0955. The van der Waals surface area contributed by atoms with Crippen molar-refractivity contribution < 1.29 is 23.4 Å². The molecule has 4 aromatic rings. The molecule has 0 fully saturated rings. The standard InChI is InChI=1S/C26H25BrFN3O4/c1-33-23-12-18(13-24(34-2)25(23)35-3)31-22-11-17(28)5-6-19(22)26(32)29-9-8-15-14-30-21-7-4-16(27)10-20(15)21/h4-7,10-14,30-31H,8-9H2,1-3H3,(H,29,32). The van der Waals surface area contributed by atoms with Gasteiger partial charge in [-0.15, -0.1) is 0 Å². The molecule has 0 saturated heterocycles. The summed E-state index contributed by atoms with van der Waals surface area (Å²) in [5.41, 5.74) is 3.29. The van der Waals surface area contributed by atoms with Gasteiger partial charge in [0.2, 0.25) is 5.75 Å². The highest BCUT2D eigenvalue weighted by atomic mass is 79.9. The van der Waals surface area contributed by atoms with Crippen LogP contribution in [0, 0.1) is 5.82 Å². The van der Waals surface area contributed by atoms with Crippen molar-refractivity contribution in [1.82, 2.24) is 10.3 Å². The molecule has 0 radical (unpaired) electrons. The molecule has 1 amide bonds. The molecule has 35 heavy (non-hydrogen) atoms. The number of methoxy groups -OCH3 is 3. The minimum Gasteiger partial charge on any atom is -0.493 e. The molecule has 0 aliphatic heterocycles. The Morgan fingerprint density at radius 1 is 1.00 bits per heavy atom. The smallest absolute Gasteiger partial charge is 0.253 e. The first kappa shape index (κ1) is 24.4. The van der Waals surface area contributed by atoms with Crippen molar-refractivity contribution in [3.63, 3.8) is 0 Å². The molecular weight excluding hydrogens is 517 g/mol. The molecule has 0 saturated carbocycles. The lowest BCUT2D eigenvalue weighted by atomic mass is 10.1. The highest BCUT2D eigenvalue weighted by molar-refractivity contribution is 9.10. The van der Waals surface area contributed by atoms with Crippen molar-refractivity contribution in [1.29, 1.82) is 0 Å². The number of carbonyl (C=O) groups is 1. The maximum Gasteiger partial charge on any atom is 0.253 e. The predicted molar refractivity (Wildman–Crippen MR) is 138 cm³/mol. The van der Waals surface area contributed by atoms with Crippen molar-refractivity contribution >= 4 is 44.1 Å². The minimum absolute atomic E-state index is 0.307. The van der Waals surface area contributed by atoms with Gasteiger partial charge in [0, 0.05) is 45.9 Å². The summed E-state index contributed by atoms with van der Waals surface area (Å²) in [7, 11) is 4.53. The summed E-state index contributed by atoms with van der Waals surface area (Å²) >= 11 is 3.50. The van der Waals surface area contributed by atoms with Gasteiger partial charge >= 0.3 is 0 Å². The molecular formula is C26H25BrFN3O4. The highest BCUT2D eigenvalue weighted by Crippen LogP contribution is 2.41. The summed E-state index contributed by atoms with van der Waals surface area (Å²) in [6.07, 6.45) is 2.58. The van der Waals surface area contributed by atoms with Crippen LogP contribution in [-0.2, 0) is 6.42 Å². The van der Waals surface area contributed by atoms with E-state index in [-0.39, 0.29) is 5.91 Å². The molecule has 3 aromatic carbocycles. The number of fused-ring (bicyclic) bond motifs is 1. The number of carbonyl (C=O) groups excluding carboxylic acids is 1. The van der Waals surface area contributed by atoms with Crippen LogP contribution in [0.1, 0.15) is 15.9 Å². The zero-order valence-corrected chi connectivity index (χ0v) is 21.1. The molecule has 182 valence electrons. The number of nitrogens with one attached hydrogen (secondary N) is 3. The molecule has 7 nitrogen and oxygen atoms in total. The van der Waals surface area contributed by atoms with Gasteiger partial charge in [-0.3, -0.25) is 4.79 Å². The normalized spacial score (nSPS) is 10.8. The summed E-state index contributed by atoms with van der Waals surface area (Å²) in [5.74, 6) is 0.508. The van der Waals surface area contributed by atoms with Crippen LogP contribution in [0.15, 0.2) is 59.2 Å². The minimum atomic E-state index is -0.471. The number of rotatable bonds is 9. The molecule has 0 bridgehead atoms. The Bertz CT molecular complexity index is 1350. The van der Waals surface area contributed by atoms with Crippen molar-refractivity contribution in [2.45, 2.75) is 6.42 Å². The van der Waals surface area contributed by atoms with Gasteiger partial charge in [-0.2, -0.15) is 0 Å². The number of halogens is 2. The number of benzene rings is 3. The summed E-state index contributed by atoms with van der Waals surface area (Å²) in [4.78, 5) is 16.2. The second-order valence-electron chi connectivity index (χ2n) is 7.74. The van der Waals surface area contributed by atoms with Gasteiger partial charge in [-0.05, 0) is 48.4 Å². The fourth-order valence-corrected chi connectivity index (χ4v) is 4.25. The lowest BCUT2D eigenvalue weighted by Crippen LogP contribution is -2.26. The molecule has 0 aliphatic rings. The van der Waals surface area contributed by atoms with E-state index in [2.05, 4.69) is 31.5 Å². The quantitative estimate of drug-likeness (QED) is 0.249. The number of anilines is 2. The van der Waals surface area contributed by atoms with Gasteiger partial charge in [0.1, 0.15) is 5.82 Å². The average molecular weight is 542 g/mol. The molecule has 3 N–H and O–H groups in total. The van der Waals surface area contributed by atoms with Crippen LogP contribution in [0.4, 0.5) is 15.8 Å². The van der Waals surface area contributed by atoms with E-state index in [1.165, 1.54) is 39.5 Å². The number of hydrogen-bond donors (Lipinski definition) is 3. The number of aromatic nitrogens is 1. The van der Waals surface area contributed by atoms with E-state index >= 15 is 0 Å². The average Bonchev–Trinajstić information content (AvgIpc) is 3.25. The van der Waals surface area contributed by atoms with Crippen LogP contribution < -0.4 is 24.8 Å². The molecule has 4 rings (SSSR count). The van der Waals surface area contributed by atoms with Gasteiger partial charge in [-0.25, -0.2) is 4.39 Å². The Hall–Kier alpha value is -3.72. The van der Waals surface area contributed by atoms with E-state index in [1.54, 1.807) is 12.1 Å².